The molecule has 2 nitrogen and oxygen atoms in total. The molecule has 0 heterocycles. The molecule has 0 aromatic heterocycles. The van der Waals surface area contributed by atoms with Gasteiger partial charge in [-0.1, -0.05) is 27.2 Å². The van der Waals surface area contributed by atoms with Gasteiger partial charge in [0.25, 0.3) is 0 Å². The van der Waals surface area contributed by atoms with Crippen LogP contribution in [0.25, 0.3) is 0 Å². The summed E-state index contributed by atoms with van der Waals surface area (Å²) < 4.78 is 0. The van der Waals surface area contributed by atoms with Crippen molar-refractivity contribution in [3.05, 3.63) is 0 Å². The molecule has 0 rings (SSSR count). The molecule has 0 bridgehead atoms. The van der Waals surface area contributed by atoms with E-state index >= 15 is 0 Å². The molecule has 1 N–H and O–H groups in total. The van der Waals surface area contributed by atoms with E-state index < -0.39 is 0 Å². The lowest BCUT2D eigenvalue weighted by Gasteiger charge is -2.28. The quantitative estimate of drug-likeness (QED) is 0.647. The maximum absolute atomic E-state index is 3.28. The maximum atomic E-state index is 3.28. The van der Waals surface area contributed by atoms with Crippen LogP contribution in [-0.4, -0.2) is 38.1 Å². The second-order valence-electron chi connectivity index (χ2n) is 4.66. The topological polar surface area (TPSA) is 15.3 Å². The molecule has 14 heavy (non-hydrogen) atoms. The van der Waals surface area contributed by atoms with Crippen LogP contribution in [0.2, 0.25) is 0 Å². The van der Waals surface area contributed by atoms with Gasteiger partial charge in [-0.2, -0.15) is 0 Å². The first-order valence-corrected chi connectivity index (χ1v) is 5.96. The van der Waals surface area contributed by atoms with E-state index in [2.05, 4.69) is 38.0 Å². The molecule has 1 atom stereocenters. The Morgan fingerprint density at radius 3 is 2.29 bits per heavy atom. The molecular formula is C12H28N2. The lowest BCUT2D eigenvalue weighted by Crippen LogP contribution is -2.39. The molecule has 0 amide bonds. The average molecular weight is 200 g/mol. The SMILES string of the molecule is CCCC(CNC)N(C)CCC(C)C. The van der Waals surface area contributed by atoms with E-state index in [0.29, 0.717) is 6.04 Å². The van der Waals surface area contributed by atoms with Gasteiger partial charge in [-0.3, -0.25) is 0 Å². The summed E-state index contributed by atoms with van der Waals surface area (Å²) in [5.74, 6) is 0.814. The van der Waals surface area contributed by atoms with E-state index in [1.807, 2.05) is 7.05 Å². The predicted octanol–water partition coefficient (Wildman–Crippen LogP) is 2.35. The van der Waals surface area contributed by atoms with E-state index in [4.69, 9.17) is 0 Å². The summed E-state index contributed by atoms with van der Waals surface area (Å²) in [5, 5.41) is 3.28. The van der Waals surface area contributed by atoms with Gasteiger partial charge in [0.1, 0.15) is 0 Å². The molecule has 0 aliphatic carbocycles. The Kier molecular flexibility index (Phi) is 8.20. The maximum Gasteiger partial charge on any atom is 0.0217 e. The van der Waals surface area contributed by atoms with Gasteiger partial charge in [0.2, 0.25) is 0 Å². The van der Waals surface area contributed by atoms with Crippen molar-refractivity contribution in [2.45, 2.75) is 46.1 Å². The number of hydrogen-bond acceptors (Lipinski definition) is 2. The fourth-order valence-electron chi connectivity index (χ4n) is 1.69. The number of nitrogens with zero attached hydrogens (tertiary/aromatic N) is 1. The first-order valence-electron chi connectivity index (χ1n) is 5.96. The van der Waals surface area contributed by atoms with Crippen molar-refractivity contribution in [3.8, 4) is 0 Å². The van der Waals surface area contributed by atoms with Gasteiger partial charge in [0.15, 0.2) is 0 Å². The first-order chi connectivity index (χ1) is 6.61. The van der Waals surface area contributed by atoms with Crippen LogP contribution in [0, 0.1) is 5.92 Å². The fraction of sp³-hybridized carbons (Fsp3) is 1.00. The van der Waals surface area contributed by atoms with E-state index in [1.54, 1.807) is 0 Å². The van der Waals surface area contributed by atoms with Gasteiger partial charge >= 0.3 is 0 Å². The largest absolute Gasteiger partial charge is 0.318 e. The van der Waals surface area contributed by atoms with Crippen LogP contribution >= 0.6 is 0 Å². The van der Waals surface area contributed by atoms with Crippen LogP contribution in [0.5, 0.6) is 0 Å². The number of hydrogen-bond donors (Lipinski definition) is 1. The highest BCUT2D eigenvalue weighted by atomic mass is 15.1. The Hall–Kier alpha value is -0.0800. The van der Waals surface area contributed by atoms with E-state index in [-0.39, 0.29) is 0 Å². The third-order valence-corrected chi connectivity index (χ3v) is 2.74. The minimum atomic E-state index is 0.712. The molecule has 0 aliphatic heterocycles. The lowest BCUT2D eigenvalue weighted by molar-refractivity contribution is 0.214. The Balaban J connectivity index is 3.81. The molecule has 0 saturated heterocycles. The van der Waals surface area contributed by atoms with Gasteiger partial charge in [0.05, 0.1) is 0 Å². The van der Waals surface area contributed by atoms with Crippen LogP contribution in [0.3, 0.4) is 0 Å². The zero-order chi connectivity index (χ0) is 11.0. The van der Waals surface area contributed by atoms with Crippen molar-refractivity contribution in [1.82, 2.24) is 10.2 Å². The third kappa shape index (κ3) is 6.39. The highest BCUT2D eigenvalue weighted by Gasteiger charge is 2.12. The summed E-state index contributed by atoms with van der Waals surface area (Å²) in [6, 6.07) is 0.712. The minimum Gasteiger partial charge on any atom is -0.318 e. The van der Waals surface area contributed by atoms with Crippen LogP contribution in [0.1, 0.15) is 40.0 Å². The van der Waals surface area contributed by atoms with Crippen molar-refractivity contribution in [2.75, 3.05) is 27.2 Å². The third-order valence-electron chi connectivity index (χ3n) is 2.74. The minimum absolute atomic E-state index is 0.712. The van der Waals surface area contributed by atoms with Gasteiger partial charge in [-0.15, -0.1) is 0 Å². The summed E-state index contributed by atoms with van der Waals surface area (Å²) in [7, 11) is 4.29. The standard InChI is InChI=1S/C12H28N2/c1-6-7-12(10-13-4)14(5)9-8-11(2)3/h11-13H,6-10H2,1-5H3. The van der Waals surface area contributed by atoms with Gasteiger partial charge in [0, 0.05) is 12.6 Å². The summed E-state index contributed by atoms with van der Waals surface area (Å²) in [6.07, 6.45) is 3.88. The molecule has 0 spiro atoms. The lowest BCUT2D eigenvalue weighted by atomic mass is 10.1. The van der Waals surface area contributed by atoms with Crippen molar-refractivity contribution >= 4 is 0 Å². The second-order valence-corrected chi connectivity index (χ2v) is 4.66. The van der Waals surface area contributed by atoms with Crippen molar-refractivity contribution in [3.63, 3.8) is 0 Å². The summed E-state index contributed by atoms with van der Waals surface area (Å²) in [6.45, 7) is 9.19. The van der Waals surface area contributed by atoms with E-state index in [0.717, 1.165) is 12.5 Å². The molecule has 0 aromatic rings. The summed E-state index contributed by atoms with van der Waals surface area (Å²) in [5.41, 5.74) is 0. The van der Waals surface area contributed by atoms with Crippen molar-refractivity contribution < 1.29 is 0 Å². The van der Waals surface area contributed by atoms with Crippen molar-refractivity contribution in [2.24, 2.45) is 5.92 Å². The number of nitrogens with one attached hydrogen (secondary N) is 1. The highest BCUT2D eigenvalue weighted by molar-refractivity contribution is 4.70. The fourth-order valence-corrected chi connectivity index (χ4v) is 1.69. The molecule has 86 valence electrons. The molecule has 0 fully saturated rings. The van der Waals surface area contributed by atoms with Crippen LogP contribution in [0.15, 0.2) is 0 Å². The monoisotopic (exact) mass is 200 g/mol. The van der Waals surface area contributed by atoms with Gasteiger partial charge in [-0.25, -0.2) is 0 Å². The Morgan fingerprint density at radius 2 is 1.86 bits per heavy atom. The van der Waals surface area contributed by atoms with E-state index in [9.17, 15) is 0 Å². The van der Waals surface area contributed by atoms with Gasteiger partial charge < -0.3 is 10.2 Å². The molecule has 0 aromatic carbocycles. The molecule has 0 radical (unpaired) electrons. The normalized spacial score (nSPS) is 13.9. The smallest absolute Gasteiger partial charge is 0.0217 e. The number of likely N-dealkylation sites (N-methyl/N-ethyl adjacent to an activating group) is 2. The Morgan fingerprint density at radius 1 is 1.21 bits per heavy atom. The predicted molar refractivity (Wildman–Crippen MR) is 64.7 cm³/mol. The first kappa shape index (κ1) is 13.9. The summed E-state index contributed by atoms with van der Waals surface area (Å²) >= 11 is 0. The van der Waals surface area contributed by atoms with Crippen LogP contribution in [0.4, 0.5) is 0 Å². The van der Waals surface area contributed by atoms with Crippen LogP contribution in [-0.2, 0) is 0 Å². The molecular weight excluding hydrogens is 172 g/mol. The summed E-state index contributed by atoms with van der Waals surface area (Å²) in [4.78, 5) is 2.50. The number of rotatable bonds is 8. The van der Waals surface area contributed by atoms with Crippen molar-refractivity contribution in [1.29, 1.82) is 0 Å². The highest BCUT2D eigenvalue weighted by Crippen LogP contribution is 2.07. The Bertz CT molecular complexity index is 117. The van der Waals surface area contributed by atoms with Crippen LogP contribution < -0.4 is 5.32 Å². The molecule has 0 aliphatic rings. The second kappa shape index (κ2) is 8.25. The molecule has 0 saturated carbocycles. The zero-order valence-corrected chi connectivity index (χ0v) is 10.6. The molecule has 1 unspecified atom stereocenters. The molecule has 2 heteroatoms. The Labute approximate surface area is 90.1 Å². The van der Waals surface area contributed by atoms with Gasteiger partial charge in [-0.05, 0) is 39.4 Å². The zero-order valence-electron chi connectivity index (χ0n) is 10.6. The average Bonchev–Trinajstić information content (AvgIpc) is 2.14. The van der Waals surface area contributed by atoms with E-state index in [1.165, 1.54) is 25.8 Å².